The van der Waals surface area contributed by atoms with Crippen molar-refractivity contribution in [2.24, 2.45) is 0 Å². The number of ether oxygens (including phenoxy) is 1. The number of methoxy groups -OCH3 is 1. The van der Waals surface area contributed by atoms with Crippen molar-refractivity contribution in [2.75, 3.05) is 24.8 Å². The van der Waals surface area contributed by atoms with Gasteiger partial charge in [0.25, 0.3) is 5.91 Å². The minimum Gasteiger partial charge on any atom is -0.495 e. The minimum absolute atomic E-state index is 0.205. The maximum absolute atomic E-state index is 12.3. The third-order valence-corrected chi connectivity index (χ3v) is 3.42. The number of anilines is 2. The fourth-order valence-electron chi connectivity index (χ4n) is 1.75. The smallest absolute Gasteiger partial charge is 0.255 e. The third kappa shape index (κ3) is 3.37. The van der Waals surface area contributed by atoms with Crippen LogP contribution >= 0.6 is 23.2 Å². The number of halogens is 2. The topological polar surface area (TPSA) is 63.2 Å². The van der Waals surface area contributed by atoms with E-state index >= 15 is 0 Å². The van der Waals surface area contributed by atoms with Crippen LogP contribution in [0.15, 0.2) is 30.5 Å². The first-order valence-electron chi connectivity index (χ1n) is 6.04. The number of carbonyl (C=O) groups excluding carboxylic acids is 1. The van der Waals surface area contributed by atoms with E-state index in [1.165, 1.54) is 7.11 Å². The highest BCUT2D eigenvalue weighted by atomic mass is 35.5. The molecule has 2 N–H and O–H groups in total. The van der Waals surface area contributed by atoms with Gasteiger partial charge in [-0.2, -0.15) is 0 Å². The summed E-state index contributed by atoms with van der Waals surface area (Å²) in [6.45, 7) is 0. The number of hydrogen-bond donors (Lipinski definition) is 2. The van der Waals surface area contributed by atoms with Gasteiger partial charge < -0.3 is 15.4 Å². The Bertz CT molecular complexity index is 677. The number of aromatic nitrogens is 1. The van der Waals surface area contributed by atoms with Gasteiger partial charge in [-0.15, -0.1) is 0 Å². The van der Waals surface area contributed by atoms with Gasteiger partial charge >= 0.3 is 0 Å². The van der Waals surface area contributed by atoms with Gasteiger partial charge in [0.1, 0.15) is 11.4 Å². The molecular formula is C14H13Cl2N3O2. The van der Waals surface area contributed by atoms with Crippen molar-refractivity contribution in [1.82, 2.24) is 4.98 Å². The molecule has 0 saturated heterocycles. The Balaban J connectivity index is 2.30. The summed E-state index contributed by atoms with van der Waals surface area (Å²) in [5.41, 5.74) is 1.49. The Morgan fingerprint density at radius 1 is 1.29 bits per heavy atom. The lowest BCUT2D eigenvalue weighted by Gasteiger charge is -2.12. The fraction of sp³-hybridized carbons (Fsp3) is 0.143. The molecule has 0 fully saturated rings. The molecule has 0 atom stereocenters. The van der Waals surface area contributed by atoms with E-state index < -0.39 is 0 Å². The van der Waals surface area contributed by atoms with E-state index in [0.29, 0.717) is 27.7 Å². The standard InChI is InChI=1S/C14H13Cl2N3O2/c1-17-10-5-6-18-13(16)12(10)19-14(20)8-3-4-9(15)11(7-8)21-2/h3-7H,1-2H3,(H,17,18)(H,19,20). The summed E-state index contributed by atoms with van der Waals surface area (Å²) in [6.07, 6.45) is 1.55. The van der Waals surface area contributed by atoms with Crippen LogP contribution in [0.4, 0.5) is 11.4 Å². The summed E-state index contributed by atoms with van der Waals surface area (Å²) in [7, 11) is 3.21. The number of carbonyl (C=O) groups is 1. The van der Waals surface area contributed by atoms with Crippen LogP contribution in [-0.4, -0.2) is 25.0 Å². The highest BCUT2D eigenvalue weighted by Crippen LogP contribution is 2.29. The largest absolute Gasteiger partial charge is 0.495 e. The average Bonchev–Trinajstić information content (AvgIpc) is 2.49. The van der Waals surface area contributed by atoms with E-state index in [4.69, 9.17) is 27.9 Å². The first-order valence-corrected chi connectivity index (χ1v) is 6.79. The monoisotopic (exact) mass is 325 g/mol. The van der Waals surface area contributed by atoms with E-state index in [-0.39, 0.29) is 11.1 Å². The summed E-state index contributed by atoms with van der Waals surface area (Å²) in [5, 5.41) is 6.30. The molecule has 5 nitrogen and oxygen atoms in total. The lowest BCUT2D eigenvalue weighted by molar-refractivity contribution is 0.102. The van der Waals surface area contributed by atoms with E-state index in [1.54, 1.807) is 37.5 Å². The fourth-order valence-corrected chi connectivity index (χ4v) is 2.15. The summed E-state index contributed by atoms with van der Waals surface area (Å²) in [4.78, 5) is 16.2. The highest BCUT2D eigenvalue weighted by Gasteiger charge is 2.14. The van der Waals surface area contributed by atoms with Crippen molar-refractivity contribution in [3.05, 3.63) is 46.2 Å². The number of nitrogens with zero attached hydrogens (tertiary/aromatic N) is 1. The van der Waals surface area contributed by atoms with Crippen LogP contribution in [0.1, 0.15) is 10.4 Å². The van der Waals surface area contributed by atoms with Crippen molar-refractivity contribution in [3.8, 4) is 5.75 Å². The van der Waals surface area contributed by atoms with Gasteiger partial charge in [-0.05, 0) is 24.3 Å². The molecule has 2 aromatic rings. The molecule has 0 aliphatic heterocycles. The molecular weight excluding hydrogens is 313 g/mol. The lowest BCUT2D eigenvalue weighted by Crippen LogP contribution is -2.14. The van der Waals surface area contributed by atoms with Crippen LogP contribution in [0, 0.1) is 0 Å². The molecule has 0 aliphatic rings. The second-order valence-corrected chi connectivity index (χ2v) is 4.84. The quantitative estimate of drug-likeness (QED) is 0.841. The predicted molar refractivity (Wildman–Crippen MR) is 84.8 cm³/mol. The van der Waals surface area contributed by atoms with Gasteiger partial charge in [-0.1, -0.05) is 23.2 Å². The molecule has 0 aliphatic carbocycles. The van der Waals surface area contributed by atoms with Crippen LogP contribution in [0.3, 0.4) is 0 Å². The molecule has 2 rings (SSSR count). The average molecular weight is 326 g/mol. The van der Waals surface area contributed by atoms with Crippen LogP contribution < -0.4 is 15.4 Å². The van der Waals surface area contributed by atoms with Crippen molar-refractivity contribution >= 4 is 40.5 Å². The van der Waals surface area contributed by atoms with Gasteiger partial charge in [-0.3, -0.25) is 4.79 Å². The third-order valence-electron chi connectivity index (χ3n) is 2.83. The van der Waals surface area contributed by atoms with Crippen molar-refractivity contribution in [3.63, 3.8) is 0 Å². The molecule has 0 saturated carbocycles. The molecule has 1 heterocycles. The first kappa shape index (κ1) is 15.4. The molecule has 0 unspecified atom stereocenters. The SMILES string of the molecule is CNc1ccnc(Cl)c1NC(=O)c1ccc(Cl)c(OC)c1. The number of nitrogens with one attached hydrogen (secondary N) is 2. The van der Waals surface area contributed by atoms with Crippen LogP contribution in [0.25, 0.3) is 0 Å². The molecule has 7 heteroatoms. The van der Waals surface area contributed by atoms with Gasteiger partial charge in [0.2, 0.25) is 0 Å². The molecule has 0 radical (unpaired) electrons. The second-order valence-electron chi connectivity index (χ2n) is 4.08. The van der Waals surface area contributed by atoms with Gasteiger partial charge in [-0.25, -0.2) is 4.98 Å². The lowest BCUT2D eigenvalue weighted by atomic mass is 10.2. The van der Waals surface area contributed by atoms with Crippen molar-refractivity contribution < 1.29 is 9.53 Å². The zero-order valence-electron chi connectivity index (χ0n) is 11.4. The first-order chi connectivity index (χ1) is 10.1. The number of benzene rings is 1. The molecule has 21 heavy (non-hydrogen) atoms. The Morgan fingerprint density at radius 3 is 2.71 bits per heavy atom. The Morgan fingerprint density at radius 2 is 2.05 bits per heavy atom. The molecule has 1 aromatic heterocycles. The van der Waals surface area contributed by atoms with Crippen molar-refractivity contribution in [1.29, 1.82) is 0 Å². The zero-order valence-corrected chi connectivity index (χ0v) is 12.9. The highest BCUT2D eigenvalue weighted by molar-refractivity contribution is 6.33. The second kappa shape index (κ2) is 6.65. The van der Waals surface area contributed by atoms with Crippen LogP contribution in [-0.2, 0) is 0 Å². The number of amides is 1. The Hall–Kier alpha value is -1.98. The normalized spacial score (nSPS) is 10.1. The van der Waals surface area contributed by atoms with Crippen molar-refractivity contribution in [2.45, 2.75) is 0 Å². The molecule has 0 bridgehead atoms. The summed E-state index contributed by atoms with van der Waals surface area (Å²) in [6, 6.07) is 6.47. The summed E-state index contributed by atoms with van der Waals surface area (Å²) < 4.78 is 5.09. The maximum Gasteiger partial charge on any atom is 0.255 e. The number of hydrogen-bond acceptors (Lipinski definition) is 4. The zero-order chi connectivity index (χ0) is 15.4. The van der Waals surface area contributed by atoms with E-state index in [0.717, 1.165) is 0 Å². The minimum atomic E-state index is -0.337. The van der Waals surface area contributed by atoms with E-state index in [9.17, 15) is 4.79 Å². The van der Waals surface area contributed by atoms with Crippen LogP contribution in [0.5, 0.6) is 5.75 Å². The molecule has 1 amide bonds. The summed E-state index contributed by atoms with van der Waals surface area (Å²) in [5.74, 6) is 0.0896. The molecule has 0 spiro atoms. The summed E-state index contributed by atoms with van der Waals surface area (Å²) >= 11 is 11.9. The van der Waals surface area contributed by atoms with Gasteiger partial charge in [0.15, 0.2) is 5.15 Å². The maximum atomic E-state index is 12.3. The Kier molecular flexibility index (Phi) is 4.88. The van der Waals surface area contributed by atoms with E-state index in [2.05, 4.69) is 15.6 Å². The van der Waals surface area contributed by atoms with Gasteiger partial charge in [0, 0.05) is 18.8 Å². The van der Waals surface area contributed by atoms with Gasteiger partial charge in [0.05, 0.1) is 17.8 Å². The molecule has 1 aromatic carbocycles. The number of pyridine rings is 1. The molecule has 110 valence electrons. The van der Waals surface area contributed by atoms with E-state index in [1.807, 2.05) is 0 Å². The number of rotatable bonds is 4. The predicted octanol–water partition coefficient (Wildman–Crippen LogP) is 3.69. The Labute approximate surface area is 132 Å². The van der Waals surface area contributed by atoms with Crippen LogP contribution in [0.2, 0.25) is 10.2 Å².